The van der Waals surface area contributed by atoms with Gasteiger partial charge in [0.05, 0.1) is 26.3 Å². The van der Waals surface area contributed by atoms with E-state index >= 15 is 0 Å². The molecule has 116 valence electrons. The Bertz CT molecular complexity index is 782. The maximum Gasteiger partial charge on any atom is 0.309 e. The Morgan fingerprint density at radius 2 is 1.96 bits per heavy atom. The molecule has 1 aromatic carbocycles. The van der Waals surface area contributed by atoms with Crippen LogP contribution < -0.4 is 0 Å². The second-order valence-corrected chi connectivity index (χ2v) is 5.11. The molecule has 6 heteroatoms. The van der Waals surface area contributed by atoms with Gasteiger partial charge in [-0.3, -0.25) is 9.78 Å². The molecule has 3 rings (SSSR count). The highest BCUT2D eigenvalue weighted by atomic mass is 16.5. The van der Waals surface area contributed by atoms with Gasteiger partial charge in [-0.15, -0.1) is 5.10 Å². The van der Waals surface area contributed by atoms with Crippen molar-refractivity contribution in [2.75, 3.05) is 7.11 Å². The van der Waals surface area contributed by atoms with Crippen molar-refractivity contribution in [3.05, 3.63) is 66.1 Å². The van der Waals surface area contributed by atoms with E-state index in [1.165, 1.54) is 7.11 Å². The van der Waals surface area contributed by atoms with Crippen molar-refractivity contribution >= 4 is 5.97 Å². The van der Waals surface area contributed by atoms with Gasteiger partial charge in [-0.1, -0.05) is 29.5 Å². The van der Waals surface area contributed by atoms with E-state index in [0.29, 0.717) is 6.54 Å². The molecule has 0 amide bonds. The molecule has 0 atom stereocenters. The zero-order valence-electron chi connectivity index (χ0n) is 12.7. The summed E-state index contributed by atoms with van der Waals surface area (Å²) in [5.41, 5.74) is 3.74. The lowest BCUT2D eigenvalue weighted by molar-refractivity contribution is -0.139. The van der Waals surface area contributed by atoms with E-state index in [0.717, 1.165) is 22.4 Å². The summed E-state index contributed by atoms with van der Waals surface area (Å²) in [6, 6.07) is 11.6. The summed E-state index contributed by atoms with van der Waals surface area (Å²) in [6.45, 7) is 0.617. The van der Waals surface area contributed by atoms with Crippen LogP contribution in [0.15, 0.2) is 55.0 Å². The molecule has 0 aliphatic carbocycles. The Balaban J connectivity index is 1.68. The summed E-state index contributed by atoms with van der Waals surface area (Å²) in [7, 11) is 1.39. The summed E-state index contributed by atoms with van der Waals surface area (Å²) in [6.07, 6.45) is 5.66. The number of nitrogens with zero attached hydrogens (tertiary/aromatic N) is 4. The lowest BCUT2D eigenvalue weighted by Gasteiger charge is -2.03. The topological polar surface area (TPSA) is 69.9 Å². The summed E-state index contributed by atoms with van der Waals surface area (Å²) in [5, 5.41) is 8.30. The molecular formula is C17H16N4O2. The van der Waals surface area contributed by atoms with Gasteiger partial charge in [-0.05, 0) is 23.3 Å². The number of esters is 1. The van der Waals surface area contributed by atoms with Crippen molar-refractivity contribution in [1.29, 1.82) is 0 Å². The maximum atomic E-state index is 11.2. The summed E-state index contributed by atoms with van der Waals surface area (Å²) in [4.78, 5) is 15.3. The van der Waals surface area contributed by atoms with Gasteiger partial charge in [0.1, 0.15) is 5.69 Å². The molecule has 6 nitrogen and oxygen atoms in total. The molecular weight excluding hydrogens is 292 g/mol. The van der Waals surface area contributed by atoms with E-state index in [2.05, 4.69) is 20.0 Å². The van der Waals surface area contributed by atoms with Crippen molar-refractivity contribution in [1.82, 2.24) is 20.0 Å². The Labute approximate surface area is 133 Å². The van der Waals surface area contributed by atoms with Crippen LogP contribution in [0.4, 0.5) is 0 Å². The van der Waals surface area contributed by atoms with Crippen LogP contribution in [0.3, 0.4) is 0 Å². The average Bonchev–Trinajstić information content (AvgIpc) is 3.06. The van der Waals surface area contributed by atoms with E-state index < -0.39 is 0 Å². The third-order valence-electron chi connectivity index (χ3n) is 3.44. The minimum atomic E-state index is -0.241. The number of pyridine rings is 1. The molecule has 0 saturated carbocycles. The molecule has 23 heavy (non-hydrogen) atoms. The number of rotatable bonds is 5. The van der Waals surface area contributed by atoms with Crippen LogP contribution in [-0.4, -0.2) is 33.1 Å². The molecule has 3 aromatic rings. The van der Waals surface area contributed by atoms with Gasteiger partial charge in [0.15, 0.2) is 0 Å². The maximum absolute atomic E-state index is 11.2. The predicted octanol–water partition coefficient (Wildman–Crippen LogP) is 2.10. The predicted molar refractivity (Wildman–Crippen MR) is 84.5 cm³/mol. The van der Waals surface area contributed by atoms with Crippen LogP contribution in [0.25, 0.3) is 11.3 Å². The number of hydrogen-bond donors (Lipinski definition) is 0. The second-order valence-electron chi connectivity index (χ2n) is 5.11. The fourth-order valence-electron chi connectivity index (χ4n) is 2.21. The number of aromatic nitrogens is 4. The lowest BCUT2D eigenvalue weighted by Crippen LogP contribution is -2.05. The monoisotopic (exact) mass is 308 g/mol. The third-order valence-corrected chi connectivity index (χ3v) is 3.44. The number of benzene rings is 1. The molecule has 0 aliphatic rings. The Morgan fingerprint density at radius 1 is 1.17 bits per heavy atom. The standard InChI is InChI=1S/C17H16N4O2/c1-23-17(22)9-13-4-6-14(7-5-13)11-21-12-16(19-20-21)15-3-2-8-18-10-15/h2-8,10,12H,9,11H2,1H3. The quantitative estimate of drug-likeness (QED) is 0.675. The van der Waals surface area contributed by atoms with E-state index in [9.17, 15) is 4.79 Å². The van der Waals surface area contributed by atoms with Crippen LogP contribution in [0.5, 0.6) is 0 Å². The van der Waals surface area contributed by atoms with Crippen molar-refractivity contribution in [2.24, 2.45) is 0 Å². The van der Waals surface area contributed by atoms with Gasteiger partial charge < -0.3 is 4.74 Å². The van der Waals surface area contributed by atoms with Crippen LogP contribution in [0.1, 0.15) is 11.1 Å². The SMILES string of the molecule is COC(=O)Cc1ccc(Cn2cc(-c3cccnc3)nn2)cc1. The number of hydrogen-bond acceptors (Lipinski definition) is 5. The largest absolute Gasteiger partial charge is 0.469 e. The average molecular weight is 308 g/mol. The zero-order chi connectivity index (χ0) is 16.1. The highest BCUT2D eigenvalue weighted by molar-refractivity contribution is 5.72. The molecule has 0 spiro atoms. The van der Waals surface area contributed by atoms with E-state index in [4.69, 9.17) is 0 Å². The van der Waals surface area contributed by atoms with Gasteiger partial charge in [0.2, 0.25) is 0 Å². The summed E-state index contributed by atoms with van der Waals surface area (Å²) in [5.74, 6) is -0.241. The Hall–Kier alpha value is -3.02. The minimum absolute atomic E-state index is 0.241. The molecule has 0 bridgehead atoms. The molecule has 0 unspecified atom stereocenters. The van der Waals surface area contributed by atoms with Crippen molar-refractivity contribution in [2.45, 2.75) is 13.0 Å². The minimum Gasteiger partial charge on any atom is -0.469 e. The van der Waals surface area contributed by atoms with Crippen LogP contribution in [-0.2, 0) is 22.5 Å². The van der Waals surface area contributed by atoms with Gasteiger partial charge in [0, 0.05) is 18.0 Å². The van der Waals surface area contributed by atoms with Gasteiger partial charge in [-0.25, -0.2) is 4.68 Å². The highest BCUT2D eigenvalue weighted by Crippen LogP contribution is 2.14. The number of ether oxygens (including phenoxy) is 1. The molecule has 0 fully saturated rings. The van der Waals surface area contributed by atoms with Gasteiger partial charge in [-0.2, -0.15) is 0 Å². The van der Waals surface area contributed by atoms with Crippen LogP contribution >= 0.6 is 0 Å². The molecule has 0 N–H and O–H groups in total. The first-order valence-electron chi connectivity index (χ1n) is 7.20. The molecule has 0 radical (unpaired) electrons. The first-order chi connectivity index (χ1) is 11.2. The normalized spacial score (nSPS) is 10.5. The molecule has 2 heterocycles. The Morgan fingerprint density at radius 3 is 2.65 bits per heavy atom. The van der Waals surface area contributed by atoms with E-state index in [1.807, 2.05) is 42.6 Å². The number of carbonyl (C=O) groups is 1. The van der Waals surface area contributed by atoms with E-state index in [-0.39, 0.29) is 12.4 Å². The third kappa shape index (κ3) is 3.79. The van der Waals surface area contributed by atoms with E-state index in [1.54, 1.807) is 17.1 Å². The first kappa shape index (κ1) is 14.9. The molecule has 0 saturated heterocycles. The van der Waals surface area contributed by atoms with Gasteiger partial charge in [0.25, 0.3) is 0 Å². The number of carbonyl (C=O) groups excluding carboxylic acids is 1. The number of methoxy groups -OCH3 is 1. The first-order valence-corrected chi connectivity index (χ1v) is 7.20. The smallest absolute Gasteiger partial charge is 0.309 e. The molecule has 0 aliphatic heterocycles. The van der Waals surface area contributed by atoms with Crippen molar-refractivity contribution in [3.8, 4) is 11.3 Å². The fraction of sp³-hybridized carbons (Fsp3) is 0.176. The highest BCUT2D eigenvalue weighted by Gasteiger charge is 2.05. The van der Waals surface area contributed by atoms with Crippen molar-refractivity contribution in [3.63, 3.8) is 0 Å². The second kappa shape index (κ2) is 6.83. The zero-order valence-corrected chi connectivity index (χ0v) is 12.7. The summed E-state index contributed by atoms with van der Waals surface area (Å²) < 4.78 is 6.43. The van der Waals surface area contributed by atoms with Crippen molar-refractivity contribution < 1.29 is 9.53 Å². The lowest BCUT2D eigenvalue weighted by atomic mass is 10.1. The molecule has 2 aromatic heterocycles. The van der Waals surface area contributed by atoms with Crippen LogP contribution in [0.2, 0.25) is 0 Å². The summed E-state index contributed by atoms with van der Waals surface area (Å²) >= 11 is 0. The van der Waals surface area contributed by atoms with Crippen LogP contribution in [0, 0.1) is 0 Å². The fourth-order valence-corrected chi connectivity index (χ4v) is 2.21. The Kier molecular flexibility index (Phi) is 4.42. The van der Waals surface area contributed by atoms with Gasteiger partial charge >= 0.3 is 5.97 Å².